The van der Waals surface area contributed by atoms with Crippen molar-refractivity contribution >= 4 is 41.2 Å². The van der Waals surface area contributed by atoms with Gasteiger partial charge < -0.3 is 18.9 Å². The first-order chi connectivity index (χ1) is 21.0. The van der Waals surface area contributed by atoms with Crippen molar-refractivity contribution < 1.29 is 33.3 Å². The van der Waals surface area contributed by atoms with Gasteiger partial charge in [0.1, 0.15) is 22.9 Å². The van der Waals surface area contributed by atoms with E-state index < -0.39 is 42.4 Å². The first kappa shape index (κ1) is 27.9. The zero-order valence-electron chi connectivity index (χ0n) is 22.4. The highest BCUT2D eigenvalue weighted by Crippen LogP contribution is 2.37. The monoisotopic (exact) mass is 596 g/mol. The summed E-state index contributed by atoms with van der Waals surface area (Å²) in [4.78, 5) is 43.8. The van der Waals surface area contributed by atoms with Gasteiger partial charge in [-0.3, -0.25) is 9.67 Å². The van der Waals surface area contributed by atoms with E-state index in [1.54, 1.807) is 95.6 Å². The van der Waals surface area contributed by atoms with Crippen molar-refractivity contribution in [1.82, 2.24) is 19.7 Å². The second-order valence-corrected chi connectivity index (χ2v) is 9.99. The van der Waals surface area contributed by atoms with Gasteiger partial charge in [0, 0.05) is 0 Å². The minimum absolute atomic E-state index is 0.280. The molecule has 12 heteroatoms. The fourth-order valence-corrected chi connectivity index (χ4v) is 4.97. The number of carbonyl (C=O) groups is 3. The minimum Gasteiger partial charge on any atom is -0.459 e. The van der Waals surface area contributed by atoms with Crippen LogP contribution >= 0.6 is 12.2 Å². The van der Waals surface area contributed by atoms with Crippen molar-refractivity contribution in [2.24, 2.45) is 0 Å². The van der Waals surface area contributed by atoms with Crippen LogP contribution in [0.2, 0.25) is 0 Å². The lowest BCUT2D eigenvalue weighted by Gasteiger charge is -2.25. The fraction of sp³-hybridized carbons (Fsp3) is 0.161. The Morgan fingerprint density at radius 2 is 1.33 bits per heavy atom. The molecule has 1 aliphatic heterocycles. The van der Waals surface area contributed by atoms with E-state index in [0.29, 0.717) is 21.2 Å². The van der Waals surface area contributed by atoms with Crippen LogP contribution in [0.4, 0.5) is 0 Å². The Balaban J connectivity index is 1.37. The maximum Gasteiger partial charge on any atom is 0.338 e. The van der Waals surface area contributed by atoms with Gasteiger partial charge in [-0.2, -0.15) is 5.10 Å². The van der Waals surface area contributed by atoms with Crippen LogP contribution in [0.15, 0.2) is 104 Å². The van der Waals surface area contributed by atoms with Crippen LogP contribution in [0.1, 0.15) is 37.3 Å². The number of hydrogen-bond donors (Lipinski definition) is 1. The molecule has 0 spiro atoms. The number of benzene rings is 3. The lowest BCUT2D eigenvalue weighted by molar-refractivity contribution is -0.0604. The SMILES string of the molecule is O=C(OC[C@H]1O[C@@H](n2cnc3c(=S)[nH]ncc32)[C@H](OC(=O)c2ccccc2)[C@@H]1OC(=O)c1ccccc1)c1ccccc1. The van der Waals surface area contributed by atoms with Gasteiger partial charge in [-0.05, 0) is 36.4 Å². The van der Waals surface area contributed by atoms with Crippen LogP contribution in [0.3, 0.4) is 0 Å². The fourth-order valence-electron chi connectivity index (χ4n) is 4.76. The molecule has 11 nitrogen and oxygen atoms in total. The van der Waals surface area contributed by atoms with E-state index in [4.69, 9.17) is 31.2 Å². The van der Waals surface area contributed by atoms with Gasteiger partial charge in [0.05, 0.1) is 34.7 Å². The molecular weight excluding hydrogens is 572 g/mol. The topological polar surface area (TPSA) is 135 Å². The van der Waals surface area contributed by atoms with Crippen LogP contribution < -0.4 is 0 Å². The molecule has 0 amide bonds. The third-order valence-corrected chi connectivity index (χ3v) is 7.14. The van der Waals surface area contributed by atoms with Gasteiger partial charge in [-0.25, -0.2) is 19.4 Å². The largest absolute Gasteiger partial charge is 0.459 e. The average Bonchev–Trinajstić information content (AvgIpc) is 3.63. The lowest BCUT2D eigenvalue weighted by Crippen LogP contribution is -2.41. The number of fused-ring (bicyclic) bond motifs is 1. The zero-order valence-corrected chi connectivity index (χ0v) is 23.3. The Hall–Kier alpha value is -5.20. The number of ether oxygens (including phenoxy) is 4. The standard InChI is InChI=1S/C31H24N4O7S/c36-29(19-10-4-1-5-11-19)39-17-23-25(41-30(37)20-12-6-2-7-13-20)26(42-31(38)21-14-8-3-9-15-21)28(40-23)35-18-32-24-22(35)16-33-34-27(24)43/h1-16,18,23,25-26,28H,17H2,(H,34,43)/t23-,25-,26-,28-/m1/s1. The lowest BCUT2D eigenvalue weighted by atomic mass is 10.1. The van der Waals surface area contributed by atoms with Crippen molar-refractivity contribution in [1.29, 1.82) is 0 Å². The molecule has 6 rings (SSSR count). The van der Waals surface area contributed by atoms with Crippen molar-refractivity contribution in [3.05, 3.63) is 125 Å². The second kappa shape index (κ2) is 12.3. The average molecular weight is 597 g/mol. The van der Waals surface area contributed by atoms with E-state index in [-0.39, 0.29) is 17.7 Å². The molecule has 3 aromatic carbocycles. The van der Waals surface area contributed by atoms with Crippen molar-refractivity contribution in [3.63, 3.8) is 0 Å². The van der Waals surface area contributed by atoms with E-state index in [9.17, 15) is 14.4 Å². The summed E-state index contributed by atoms with van der Waals surface area (Å²) in [6, 6.07) is 25.2. The summed E-state index contributed by atoms with van der Waals surface area (Å²) in [5.74, 6) is -1.93. The van der Waals surface area contributed by atoms with Crippen molar-refractivity contribution in [2.75, 3.05) is 6.61 Å². The number of esters is 3. The van der Waals surface area contributed by atoms with Gasteiger partial charge in [-0.15, -0.1) is 0 Å². The highest BCUT2D eigenvalue weighted by Gasteiger charge is 2.51. The molecule has 1 N–H and O–H groups in total. The van der Waals surface area contributed by atoms with E-state index in [0.717, 1.165) is 0 Å². The number of imidazole rings is 1. The van der Waals surface area contributed by atoms with Gasteiger partial charge in [0.25, 0.3) is 0 Å². The van der Waals surface area contributed by atoms with Crippen LogP contribution in [-0.4, -0.2) is 62.6 Å². The number of nitrogens with one attached hydrogen (secondary N) is 1. The normalized spacial score (nSPS) is 19.5. The number of aromatic nitrogens is 4. The third kappa shape index (κ3) is 5.92. The maximum atomic E-state index is 13.3. The second-order valence-electron chi connectivity index (χ2n) is 9.59. The van der Waals surface area contributed by atoms with Crippen LogP contribution in [0.5, 0.6) is 0 Å². The first-order valence-corrected chi connectivity index (χ1v) is 13.7. The number of rotatable bonds is 8. The molecule has 0 saturated carbocycles. The molecule has 0 radical (unpaired) electrons. The highest BCUT2D eigenvalue weighted by atomic mass is 32.1. The molecule has 0 aliphatic carbocycles. The molecule has 216 valence electrons. The smallest absolute Gasteiger partial charge is 0.338 e. The molecule has 2 aromatic heterocycles. The molecule has 1 aliphatic rings. The van der Waals surface area contributed by atoms with Crippen molar-refractivity contribution in [2.45, 2.75) is 24.5 Å². The summed E-state index contributed by atoms with van der Waals surface area (Å²) in [6.45, 7) is -0.304. The first-order valence-electron chi connectivity index (χ1n) is 13.3. The predicted molar refractivity (Wildman–Crippen MR) is 155 cm³/mol. The van der Waals surface area contributed by atoms with Crippen LogP contribution in [-0.2, 0) is 18.9 Å². The highest BCUT2D eigenvalue weighted by molar-refractivity contribution is 7.71. The van der Waals surface area contributed by atoms with E-state index in [2.05, 4.69) is 15.2 Å². The molecule has 4 atom stereocenters. The molecule has 5 aromatic rings. The zero-order chi connectivity index (χ0) is 29.8. The van der Waals surface area contributed by atoms with E-state index in [1.165, 1.54) is 12.5 Å². The number of aromatic amines is 1. The minimum atomic E-state index is -1.18. The molecule has 43 heavy (non-hydrogen) atoms. The Morgan fingerprint density at radius 1 is 0.791 bits per heavy atom. The quantitative estimate of drug-likeness (QED) is 0.153. The Bertz CT molecular complexity index is 1810. The van der Waals surface area contributed by atoms with Crippen LogP contribution in [0, 0.1) is 4.64 Å². The summed E-state index contributed by atoms with van der Waals surface area (Å²) < 4.78 is 25.8. The summed E-state index contributed by atoms with van der Waals surface area (Å²) in [6.07, 6.45) is -1.47. The Kier molecular flexibility index (Phi) is 8.03. The third-order valence-electron chi connectivity index (χ3n) is 6.85. The summed E-state index contributed by atoms with van der Waals surface area (Å²) in [5.41, 5.74) is 1.83. The molecule has 3 heterocycles. The van der Waals surface area contributed by atoms with Gasteiger partial charge in [-0.1, -0.05) is 66.8 Å². The molecule has 0 bridgehead atoms. The van der Waals surface area contributed by atoms with E-state index in [1.807, 2.05) is 0 Å². The van der Waals surface area contributed by atoms with Crippen LogP contribution in [0.25, 0.3) is 11.0 Å². The number of nitrogens with zero attached hydrogens (tertiary/aromatic N) is 3. The number of hydrogen-bond acceptors (Lipinski definition) is 10. The molecule has 1 fully saturated rings. The molecule has 1 saturated heterocycles. The molecule has 0 unspecified atom stereocenters. The number of carbonyl (C=O) groups excluding carboxylic acids is 3. The Morgan fingerprint density at radius 3 is 1.91 bits per heavy atom. The molecular formula is C31H24N4O7S. The van der Waals surface area contributed by atoms with Crippen molar-refractivity contribution in [3.8, 4) is 0 Å². The van der Waals surface area contributed by atoms with Gasteiger partial charge >= 0.3 is 17.9 Å². The summed E-state index contributed by atoms with van der Waals surface area (Å²) in [7, 11) is 0. The van der Waals surface area contributed by atoms with Gasteiger partial charge in [0.15, 0.2) is 18.4 Å². The maximum absolute atomic E-state index is 13.3. The van der Waals surface area contributed by atoms with Gasteiger partial charge in [0.2, 0.25) is 0 Å². The Labute approximate surface area is 250 Å². The summed E-state index contributed by atoms with van der Waals surface area (Å²) >= 11 is 5.33. The van der Waals surface area contributed by atoms with E-state index >= 15 is 0 Å². The predicted octanol–water partition coefficient (Wildman–Crippen LogP) is 4.69. The number of H-pyrrole nitrogens is 1. The summed E-state index contributed by atoms with van der Waals surface area (Å²) in [5, 5.41) is 6.75.